The van der Waals surface area contributed by atoms with Crippen LogP contribution in [0.25, 0.3) is 0 Å². The number of halogens is 3. The van der Waals surface area contributed by atoms with Crippen molar-refractivity contribution < 1.29 is 26.7 Å². The minimum absolute atomic E-state index is 0.126. The number of hydrogen-bond donors (Lipinski definition) is 1. The molecule has 0 aliphatic carbocycles. The van der Waals surface area contributed by atoms with Crippen LogP contribution in [0.4, 0.5) is 18.9 Å². The summed E-state index contributed by atoms with van der Waals surface area (Å²) in [5, 5.41) is 8.97. The number of aliphatic hydroxyl groups excluding tert-OH is 1. The second kappa shape index (κ2) is 5.38. The summed E-state index contributed by atoms with van der Waals surface area (Å²) >= 11 is 0. The van der Waals surface area contributed by atoms with Gasteiger partial charge in [-0.1, -0.05) is 0 Å². The van der Waals surface area contributed by atoms with Gasteiger partial charge in [-0.05, 0) is 31.2 Å². The van der Waals surface area contributed by atoms with Crippen LogP contribution in [0.15, 0.2) is 29.2 Å². The predicted octanol–water partition coefficient (Wildman–Crippen LogP) is 1.80. The number of rotatable bonds is 4. The highest BCUT2D eigenvalue weighted by molar-refractivity contribution is 7.92. The maximum atomic E-state index is 12.3. The maximum absolute atomic E-state index is 12.3. The van der Waals surface area contributed by atoms with E-state index in [4.69, 9.17) is 5.11 Å². The molecule has 0 saturated heterocycles. The molecule has 19 heavy (non-hydrogen) atoms. The van der Waals surface area contributed by atoms with E-state index in [9.17, 15) is 21.6 Å². The van der Waals surface area contributed by atoms with Gasteiger partial charge >= 0.3 is 5.51 Å². The lowest BCUT2D eigenvalue weighted by atomic mass is 10.2. The molecular weight excluding hydrogens is 283 g/mol. The first kappa shape index (κ1) is 15.8. The molecule has 1 aromatic carbocycles. The first-order valence-corrected chi connectivity index (χ1v) is 6.84. The van der Waals surface area contributed by atoms with Gasteiger partial charge in [0.2, 0.25) is 0 Å². The monoisotopic (exact) mass is 297 g/mol. The fraction of sp³-hybridized carbons (Fsp3) is 0.455. The molecule has 0 radical (unpaired) electrons. The van der Waals surface area contributed by atoms with E-state index < -0.39 is 20.2 Å². The Kier molecular flexibility index (Phi) is 4.46. The van der Waals surface area contributed by atoms with E-state index in [1.54, 1.807) is 18.9 Å². The van der Waals surface area contributed by atoms with Crippen LogP contribution in [0.5, 0.6) is 0 Å². The van der Waals surface area contributed by atoms with Crippen LogP contribution in [-0.2, 0) is 9.84 Å². The lowest BCUT2D eigenvalue weighted by Crippen LogP contribution is -2.31. The summed E-state index contributed by atoms with van der Waals surface area (Å²) in [5.74, 6) is 0. The Balaban J connectivity index is 3.08. The number of aliphatic hydroxyl groups is 1. The highest BCUT2D eigenvalue weighted by Crippen LogP contribution is 2.31. The van der Waals surface area contributed by atoms with E-state index in [-0.39, 0.29) is 12.6 Å². The molecule has 0 heterocycles. The van der Waals surface area contributed by atoms with E-state index >= 15 is 0 Å². The zero-order valence-electron chi connectivity index (χ0n) is 10.3. The zero-order valence-corrected chi connectivity index (χ0v) is 11.2. The lowest BCUT2D eigenvalue weighted by Gasteiger charge is -2.25. The van der Waals surface area contributed by atoms with Crippen molar-refractivity contribution in [3.8, 4) is 0 Å². The number of alkyl halides is 3. The molecule has 1 N–H and O–H groups in total. The number of nitrogens with zero attached hydrogens (tertiary/aromatic N) is 1. The minimum atomic E-state index is -5.31. The Morgan fingerprint density at radius 2 is 1.74 bits per heavy atom. The van der Waals surface area contributed by atoms with E-state index in [1.165, 1.54) is 12.1 Å². The lowest BCUT2D eigenvalue weighted by molar-refractivity contribution is -0.0436. The average molecular weight is 297 g/mol. The van der Waals surface area contributed by atoms with Crippen LogP contribution in [-0.4, -0.2) is 38.7 Å². The van der Waals surface area contributed by atoms with E-state index in [0.29, 0.717) is 5.69 Å². The molecule has 0 amide bonds. The molecule has 1 atom stereocenters. The third kappa shape index (κ3) is 3.19. The molecule has 0 aliphatic heterocycles. The standard InChI is InChI=1S/C11H14F3NO3S/c1-8(7-16)15(2)9-3-5-10(6-4-9)19(17,18)11(12,13)14/h3-6,8,16H,7H2,1-2H3. The Bertz CT molecular complexity index is 525. The van der Waals surface area contributed by atoms with Crippen molar-refractivity contribution in [2.45, 2.75) is 23.4 Å². The van der Waals surface area contributed by atoms with Crippen molar-refractivity contribution in [3.63, 3.8) is 0 Å². The summed E-state index contributed by atoms with van der Waals surface area (Å²) in [6.07, 6.45) is 0. The summed E-state index contributed by atoms with van der Waals surface area (Å²) in [6, 6.07) is 4.11. The zero-order chi connectivity index (χ0) is 14.8. The largest absolute Gasteiger partial charge is 0.501 e. The summed E-state index contributed by atoms with van der Waals surface area (Å²) in [7, 11) is -3.67. The van der Waals surface area contributed by atoms with Crippen molar-refractivity contribution in [2.24, 2.45) is 0 Å². The number of sulfone groups is 1. The maximum Gasteiger partial charge on any atom is 0.501 e. The average Bonchev–Trinajstić information content (AvgIpc) is 2.35. The summed E-state index contributed by atoms with van der Waals surface area (Å²) in [6.45, 7) is 1.60. The quantitative estimate of drug-likeness (QED) is 0.920. The normalized spacial score (nSPS) is 14.2. The molecule has 0 saturated carbocycles. The predicted molar refractivity (Wildman–Crippen MR) is 64.6 cm³/mol. The molecule has 108 valence electrons. The molecule has 0 aliphatic rings. The van der Waals surface area contributed by atoms with Gasteiger partial charge in [0.15, 0.2) is 0 Å². The third-order valence-electron chi connectivity index (χ3n) is 2.78. The molecular formula is C11H14F3NO3S. The first-order valence-electron chi connectivity index (χ1n) is 5.36. The second-order valence-corrected chi connectivity index (χ2v) is 6.03. The number of benzene rings is 1. The topological polar surface area (TPSA) is 57.6 Å². The minimum Gasteiger partial charge on any atom is -0.394 e. The van der Waals surface area contributed by atoms with Crippen molar-refractivity contribution in [1.29, 1.82) is 0 Å². The fourth-order valence-corrected chi connectivity index (χ4v) is 2.13. The molecule has 0 fully saturated rings. The van der Waals surface area contributed by atoms with Crippen molar-refractivity contribution in [2.75, 3.05) is 18.6 Å². The SMILES string of the molecule is CC(CO)N(C)c1ccc(S(=O)(=O)C(F)(F)F)cc1. The number of likely N-dealkylation sites (N-methyl/N-ethyl adjacent to an activating group) is 1. The molecule has 0 bridgehead atoms. The smallest absolute Gasteiger partial charge is 0.394 e. The van der Waals surface area contributed by atoms with Crippen molar-refractivity contribution in [1.82, 2.24) is 0 Å². The highest BCUT2D eigenvalue weighted by atomic mass is 32.2. The van der Waals surface area contributed by atoms with Crippen LogP contribution < -0.4 is 4.90 Å². The number of hydrogen-bond acceptors (Lipinski definition) is 4. The summed E-state index contributed by atoms with van der Waals surface area (Å²) in [5.41, 5.74) is -4.79. The van der Waals surface area contributed by atoms with Crippen LogP contribution in [0.1, 0.15) is 6.92 Å². The second-order valence-electron chi connectivity index (χ2n) is 4.09. The number of anilines is 1. The van der Waals surface area contributed by atoms with Gasteiger partial charge in [0.05, 0.1) is 11.5 Å². The van der Waals surface area contributed by atoms with Gasteiger partial charge in [-0.15, -0.1) is 0 Å². The molecule has 0 aromatic heterocycles. The van der Waals surface area contributed by atoms with Gasteiger partial charge in [0.1, 0.15) is 0 Å². The van der Waals surface area contributed by atoms with Crippen LogP contribution in [0, 0.1) is 0 Å². The molecule has 4 nitrogen and oxygen atoms in total. The molecule has 1 unspecified atom stereocenters. The molecule has 0 spiro atoms. The Labute approximate surface area is 109 Å². The van der Waals surface area contributed by atoms with E-state index in [1.807, 2.05) is 0 Å². The van der Waals surface area contributed by atoms with Crippen LogP contribution >= 0.6 is 0 Å². The summed E-state index contributed by atoms with van der Waals surface area (Å²) < 4.78 is 59.3. The van der Waals surface area contributed by atoms with Gasteiger partial charge in [-0.3, -0.25) is 0 Å². The van der Waals surface area contributed by atoms with Gasteiger partial charge in [-0.25, -0.2) is 8.42 Å². The van der Waals surface area contributed by atoms with E-state index in [2.05, 4.69) is 0 Å². The van der Waals surface area contributed by atoms with E-state index in [0.717, 1.165) is 12.1 Å². The molecule has 1 rings (SSSR count). The highest BCUT2D eigenvalue weighted by Gasteiger charge is 2.46. The van der Waals surface area contributed by atoms with Gasteiger partial charge in [0.25, 0.3) is 9.84 Å². The Morgan fingerprint density at radius 3 is 2.11 bits per heavy atom. The Morgan fingerprint density at radius 1 is 1.26 bits per heavy atom. The van der Waals surface area contributed by atoms with Crippen molar-refractivity contribution in [3.05, 3.63) is 24.3 Å². The molecule has 1 aromatic rings. The van der Waals surface area contributed by atoms with Gasteiger partial charge < -0.3 is 10.0 Å². The fourth-order valence-electron chi connectivity index (χ4n) is 1.37. The van der Waals surface area contributed by atoms with Crippen LogP contribution in [0.2, 0.25) is 0 Å². The van der Waals surface area contributed by atoms with Gasteiger partial charge in [0, 0.05) is 18.8 Å². The van der Waals surface area contributed by atoms with Crippen molar-refractivity contribution >= 4 is 15.5 Å². The van der Waals surface area contributed by atoms with Gasteiger partial charge in [-0.2, -0.15) is 13.2 Å². The summed E-state index contributed by atoms with van der Waals surface area (Å²) in [4.78, 5) is 0.832. The van der Waals surface area contributed by atoms with Crippen LogP contribution in [0.3, 0.4) is 0 Å². The Hall–Kier alpha value is -1.28. The first-order chi connectivity index (χ1) is 8.61. The third-order valence-corrected chi connectivity index (χ3v) is 4.29. The molecule has 8 heteroatoms.